The van der Waals surface area contributed by atoms with Crippen LogP contribution in [0, 0.1) is 0 Å². The third kappa shape index (κ3) is 6.14. The molecule has 0 aromatic carbocycles. The quantitative estimate of drug-likeness (QED) is 0.625. The smallest absolute Gasteiger partial charge is 0.250 e. The minimum Gasteiger partial charge on any atom is -0.467 e. The average Bonchev–Trinajstić information content (AvgIpc) is 3.21. The third-order valence-corrected chi connectivity index (χ3v) is 5.59. The van der Waals surface area contributed by atoms with Gasteiger partial charge in [-0.25, -0.2) is 13.1 Å². The van der Waals surface area contributed by atoms with E-state index in [0.717, 1.165) is 17.1 Å². The van der Waals surface area contributed by atoms with Gasteiger partial charge in [-0.3, -0.25) is 4.79 Å². The lowest BCUT2D eigenvalue weighted by atomic mass is 10.4. The van der Waals surface area contributed by atoms with E-state index in [9.17, 15) is 13.2 Å². The Morgan fingerprint density at radius 1 is 1.30 bits per heavy atom. The lowest BCUT2D eigenvalue weighted by Gasteiger charge is -2.07. The number of amides is 1. The minimum atomic E-state index is -3.60. The molecular weight excluding hydrogens is 340 g/mol. The van der Waals surface area contributed by atoms with Gasteiger partial charge in [-0.15, -0.1) is 11.3 Å². The third-order valence-electron chi connectivity index (χ3n) is 2.79. The average molecular weight is 358 g/mol. The van der Waals surface area contributed by atoms with Gasteiger partial charge in [0, 0.05) is 13.2 Å². The molecule has 2 aromatic heterocycles. The predicted octanol–water partition coefficient (Wildman–Crippen LogP) is 1.34. The first-order valence-corrected chi connectivity index (χ1v) is 9.34. The number of hydrogen-bond acceptors (Lipinski definition) is 6. The van der Waals surface area contributed by atoms with Crippen molar-refractivity contribution in [2.24, 2.45) is 0 Å². The Morgan fingerprint density at radius 2 is 2.17 bits per heavy atom. The van der Waals surface area contributed by atoms with E-state index >= 15 is 0 Å². The Kier molecular flexibility index (Phi) is 6.78. The molecule has 0 saturated heterocycles. The van der Waals surface area contributed by atoms with E-state index < -0.39 is 10.0 Å². The largest absolute Gasteiger partial charge is 0.467 e. The van der Waals surface area contributed by atoms with Gasteiger partial charge < -0.3 is 14.5 Å². The lowest BCUT2D eigenvalue weighted by Crippen LogP contribution is -2.37. The van der Waals surface area contributed by atoms with Crippen LogP contribution in [-0.4, -0.2) is 34.0 Å². The second-order valence-corrected chi connectivity index (χ2v) is 7.53. The summed E-state index contributed by atoms with van der Waals surface area (Å²) in [4.78, 5) is 11.6. The van der Waals surface area contributed by atoms with Gasteiger partial charge in [0.2, 0.25) is 5.91 Å². The first-order chi connectivity index (χ1) is 11.1. The molecule has 0 radical (unpaired) electrons. The second kappa shape index (κ2) is 8.82. The first kappa shape index (κ1) is 17.7. The fourth-order valence-corrected chi connectivity index (χ4v) is 3.70. The monoisotopic (exact) mass is 358 g/mol. The Balaban J connectivity index is 1.55. The molecule has 1 amide bonds. The highest BCUT2D eigenvalue weighted by molar-refractivity contribution is 7.91. The van der Waals surface area contributed by atoms with Crippen molar-refractivity contribution in [2.45, 2.75) is 17.2 Å². The Hall–Kier alpha value is -1.68. The van der Waals surface area contributed by atoms with Crippen molar-refractivity contribution < 1.29 is 22.4 Å². The van der Waals surface area contributed by atoms with Gasteiger partial charge in [0.05, 0.1) is 12.8 Å². The van der Waals surface area contributed by atoms with Crippen LogP contribution in [0.15, 0.2) is 44.5 Å². The number of sulfonamides is 1. The summed E-state index contributed by atoms with van der Waals surface area (Å²) in [5, 5.41) is 4.29. The minimum absolute atomic E-state index is 0.191. The SMILES string of the molecule is O=C(CNS(=O)(=O)c1cccs1)NCCCOCc1ccco1. The van der Waals surface area contributed by atoms with Crippen LogP contribution in [0.2, 0.25) is 0 Å². The van der Waals surface area contributed by atoms with E-state index in [2.05, 4.69) is 10.0 Å². The zero-order chi connectivity index (χ0) is 16.5. The van der Waals surface area contributed by atoms with Crippen molar-refractivity contribution in [3.63, 3.8) is 0 Å². The molecule has 0 saturated carbocycles. The normalized spacial score (nSPS) is 11.5. The molecule has 2 heterocycles. The molecule has 7 nitrogen and oxygen atoms in total. The molecule has 0 aliphatic rings. The maximum Gasteiger partial charge on any atom is 0.250 e. The number of rotatable bonds is 10. The summed E-state index contributed by atoms with van der Waals surface area (Å²) in [5.74, 6) is 0.369. The molecule has 2 rings (SSSR count). The molecule has 0 unspecified atom stereocenters. The van der Waals surface area contributed by atoms with E-state index in [-0.39, 0.29) is 16.7 Å². The summed E-state index contributed by atoms with van der Waals surface area (Å²) in [6.45, 7) is 0.995. The van der Waals surface area contributed by atoms with Crippen molar-refractivity contribution in [3.8, 4) is 0 Å². The number of furan rings is 1. The summed E-state index contributed by atoms with van der Waals surface area (Å²) in [6, 6.07) is 6.74. The topological polar surface area (TPSA) is 97.6 Å². The molecular formula is C14H18N2O5S2. The van der Waals surface area contributed by atoms with Gasteiger partial charge in [-0.2, -0.15) is 0 Å². The van der Waals surface area contributed by atoms with Crippen LogP contribution in [0.4, 0.5) is 0 Å². The second-order valence-electron chi connectivity index (χ2n) is 4.59. The van der Waals surface area contributed by atoms with Gasteiger partial charge in [0.1, 0.15) is 16.6 Å². The first-order valence-electron chi connectivity index (χ1n) is 6.98. The molecule has 0 spiro atoms. The number of nitrogens with one attached hydrogen (secondary N) is 2. The molecule has 0 aliphatic carbocycles. The number of carbonyl (C=O) groups is 1. The van der Waals surface area contributed by atoms with Crippen molar-refractivity contribution in [1.82, 2.24) is 10.0 Å². The summed E-state index contributed by atoms with van der Waals surface area (Å²) >= 11 is 1.10. The van der Waals surface area contributed by atoms with Crippen LogP contribution < -0.4 is 10.0 Å². The number of thiophene rings is 1. The van der Waals surface area contributed by atoms with E-state index in [0.29, 0.717) is 26.2 Å². The molecule has 0 fully saturated rings. The highest BCUT2D eigenvalue weighted by Gasteiger charge is 2.15. The molecule has 0 bridgehead atoms. The molecule has 2 aromatic rings. The van der Waals surface area contributed by atoms with Crippen LogP contribution in [0.25, 0.3) is 0 Å². The molecule has 0 aliphatic heterocycles. The summed E-state index contributed by atoms with van der Waals surface area (Å²) < 4.78 is 36.6. The van der Waals surface area contributed by atoms with Crippen molar-refractivity contribution in [3.05, 3.63) is 41.7 Å². The zero-order valence-electron chi connectivity index (χ0n) is 12.4. The van der Waals surface area contributed by atoms with Crippen molar-refractivity contribution in [2.75, 3.05) is 19.7 Å². The Morgan fingerprint density at radius 3 is 2.87 bits per heavy atom. The fourth-order valence-electron chi connectivity index (χ4n) is 1.68. The van der Waals surface area contributed by atoms with E-state index in [4.69, 9.17) is 9.15 Å². The molecule has 2 N–H and O–H groups in total. The maximum absolute atomic E-state index is 11.8. The highest BCUT2D eigenvalue weighted by Crippen LogP contribution is 2.14. The highest BCUT2D eigenvalue weighted by atomic mass is 32.2. The predicted molar refractivity (Wildman–Crippen MR) is 85.5 cm³/mol. The summed E-state index contributed by atoms with van der Waals surface area (Å²) in [7, 11) is -3.60. The van der Waals surface area contributed by atoms with Gasteiger partial charge >= 0.3 is 0 Å². The molecule has 9 heteroatoms. The van der Waals surface area contributed by atoms with Crippen molar-refractivity contribution >= 4 is 27.3 Å². The molecule has 23 heavy (non-hydrogen) atoms. The van der Waals surface area contributed by atoms with E-state index in [1.54, 1.807) is 23.8 Å². The zero-order valence-corrected chi connectivity index (χ0v) is 14.0. The van der Waals surface area contributed by atoms with Gasteiger partial charge in [0.25, 0.3) is 10.0 Å². The van der Waals surface area contributed by atoms with Crippen LogP contribution in [0.5, 0.6) is 0 Å². The van der Waals surface area contributed by atoms with Crippen molar-refractivity contribution in [1.29, 1.82) is 0 Å². The standard InChI is InChI=1S/C14H18N2O5S2/c17-13(10-16-23(18,19)14-5-2-9-22-14)15-6-3-7-20-11-12-4-1-8-21-12/h1-2,4-5,8-9,16H,3,6-7,10-11H2,(H,15,17). The summed E-state index contributed by atoms with van der Waals surface area (Å²) in [5.41, 5.74) is 0. The summed E-state index contributed by atoms with van der Waals surface area (Å²) in [6.07, 6.45) is 2.21. The van der Waals surface area contributed by atoms with Crippen LogP contribution in [0.3, 0.4) is 0 Å². The van der Waals surface area contributed by atoms with Crippen LogP contribution in [0.1, 0.15) is 12.2 Å². The fraction of sp³-hybridized carbons (Fsp3) is 0.357. The Labute approximate surface area is 138 Å². The maximum atomic E-state index is 11.8. The van der Waals surface area contributed by atoms with Crippen LogP contribution in [-0.2, 0) is 26.2 Å². The lowest BCUT2D eigenvalue weighted by molar-refractivity contribution is -0.120. The Bertz CT molecular complexity index is 681. The number of hydrogen-bond donors (Lipinski definition) is 2. The number of carbonyl (C=O) groups excluding carboxylic acids is 1. The van der Waals surface area contributed by atoms with Gasteiger partial charge in [0.15, 0.2) is 0 Å². The number of ether oxygens (including phenoxy) is 1. The van der Waals surface area contributed by atoms with Gasteiger partial charge in [-0.05, 0) is 30.0 Å². The van der Waals surface area contributed by atoms with Gasteiger partial charge in [-0.1, -0.05) is 6.07 Å². The van der Waals surface area contributed by atoms with Crippen LogP contribution >= 0.6 is 11.3 Å². The molecule has 126 valence electrons. The van der Waals surface area contributed by atoms with E-state index in [1.165, 1.54) is 6.07 Å². The van der Waals surface area contributed by atoms with E-state index in [1.807, 2.05) is 6.07 Å². The molecule has 0 atom stereocenters.